The normalized spacial score (nSPS) is 9.31. The highest BCUT2D eigenvalue weighted by Crippen LogP contribution is 2.26. The summed E-state index contributed by atoms with van der Waals surface area (Å²) >= 11 is 0. The van der Waals surface area contributed by atoms with Gasteiger partial charge >= 0.3 is 0 Å². The largest absolute Gasteiger partial charge is 0.497 e. The van der Waals surface area contributed by atoms with Crippen molar-refractivity contribution in [1.29, 1.82) is 0 Å². The lowest BCUT2D eigenvalue weighted by Crippen LogP contribution is -1.97. The smallest absolute Gasteiger partial charge is 0.146 e. The van der Waals surface area contributed by atoms with E-state index in [0.717, 1.165) is 5.75 Å². The molecule has 0 saturated heterocycles. The van der Waals surface area contributed by atoms with E-state index in [-0.39, 0.29) is 0 Å². The van der Waals surface area contributed by atoms with E-state index < -0.39 is 0 Å². The molecule has 0 atom stereocenters. The van der Waals surface area contributed by atoms with Crippen molar-refractivity contribution >= 4 is 5.69 Å². The lowest BCUT2D eigenvalue weighted by Gasteiger charge is -2.08. The Balaban J connectivity index is 2.83. The molecule has 0 aliphatic carbocycles. The molecule has 1 aromatic rings. The van der Waals surface area contributed by atoms with Gasteiger partial charge in [0, 0.05) is 6.07 Å². The molecule has 0 radical (unpaired) electrons. The van der Waals surface area contributed by atoms with Crippen LogP contribution in [0.25, 0.3) is 0 Å². The lowest BCUT2D eigenvalue weighted by molar-refractivity contribution is 0.359. The highest BCUT2D eigenvalue weighted by Gasteiger charge is 2.00. The Morgan fingerprint density at radius 1 is 1.54 bits per heavy atom. The molecular weight excluding hydrogens is 166 g/mol. The predicted octanol–water partition coefficient (Wildman–Crippen LogP) is 1.84. The number of methoxy groups -OCH3 is 1. The van der Waals surface area contributed by atoms with Crippen LogP contribution in [0.5, 0.6) is 11.5 Å². The van der Waals surface area contributed by atoms with Crippen LogP contribution in [0.3, 0.4) is 0 Å². The van der Waals surface area contributed by atoms with E-state index in [1.165, 1.54) is 0 Å². The standard InChI is InChI=1S/C10H13NO2/c1-3-6-13-10-7-8(12-2)4-5-9(10)11/h3-5,7H,1,6,11H2,2H3. The maximum absolute atomic E-state index is 5.67. The van der Waals surface area contributed by atoms with Gasteiger partial charge in [0.1, 0.15) is 18.1 Å². The van der Waals surface area contributed by atoms with Crippen LogP contribution in [-0.2, 0) is 0 Å². The highest BCUT2D eigenvalue weighted by atomic mass is 16.5. The number of anilines is 1. The van der Waals surface area contributed by atoms with Crippen LogP contribution in [0, 0.1) is 0 Å². The molecule has 0 heterocycles. The number of benzene rings is 1. The van der Waals surface area contributed by atoms with Crippen molar-refractivity contribution < 1.29 is 9.47 Å². The van der Waals surface area contributed by atoms with Crippen molar-refractivity contribution in [2.45, 2.75) is 0 Å². The first kappa shape index (κ1) is 9.45. The van der Waals surface area contributed by atoms with Crippen molar-refractivity contribution in [1.82, 2.24) is 0 Å². The Bertz CT molecular complexity index is 297. The fourth-order valence-electron chi connectivity index (χ4n) is 0.915. The molecule has 0 fully saturated rings. The van der Waals surface area contributed by atoms with E-state index in [4.69, 9.17) is 15.2 Å². The molecule has 0 aromatic heterocycles. The van der Waals surface area contributed by atoms with Crippen LogP contribution in [0.4, 0.5) is 5.69 Å². The van der Waals surface area contributed by atoms with E-state index in [0.29, 0.717) is 18.0 Å². The molecule has 70 valence electrons. The maximum Gasteiger partial charge on any atom is 0.146 e. The van der Waals surface area contributed by atoms with E-state index in [1.54, 1.807) is 31.4 Å². The minimum absolute atomic E-state index is 0.442. The number of hydrogen-bond donors (Lipinski definition) is 1. The van der Waals surface area contributed by atoms with Gasteiger partial charge in [0.15, 0.2) is 0 Å². The molecule has 0 saturated carbocycles. The molecule has 2 N–H and O–H groups in total. The summed E-state index contributed by atoms with van der Waals surface area (Å²) in [5, 5.41) is 0. The molecule has 3 heteroatoms. The number of hydrogen-bond acceptors (Lipinski definition) is 3. The first-order chi connectivity index (χ1) is 6.27. The van der Waals surface area contributed by atoms with Crippen LogP contribution in [0.15, 0.2) is 30.9 Å². The van der Waals surface area contributed by atoms with Crippen LogP contribution in [0.1, 0.15) is 0 Å². The van der Waals surface area contributed by atoms with Gasteiger partial charge in [0.25, 0.3) is 0 Å². The van der Waals surface area contributed by atoms with Crippen molar-refractivity contribution in [3.63, 3.8) is 0 Å². The van der Waals surface area contributed by atoms with E-state index >= 15 is 0 Å². The fourth-order valence-corrected chi connectivity index (χ4v) is 0.915. The van der Waals surface area contributed by atoms with E-state index in [1.807, 2.05) is 0 Å². The number of ether oxygens (including phenoxy) is 2. The number of nitrogen functional groups attached to an aromatic ring is 1. The minimum atomic E-state index is 0.442. The van der Waals surface area contributed by atoms with Crippen LogP contribution in [-0.4, -0.2) is 13.7 Å². The van der Waals surface area contributed by atoms with Gasteiger partial charge in [-0.25, -0.2) is 0 Å². The zero-order chi connectivity index (χ0) is 9.68. The quantitative estimate of drug-likeness (QED) is 0.566. The van der Waals surface area contributed by atoms with Gasteiger partial charge in [-0.05, 0) is 12.1 Å². The Morgan fingerprint density at radius 2 is 2.31 bits per heavy atom. The second kappa shape index (κ2) is 4.40. The average molecular weight is 179 g/mol. The van der Waals surface area contributed by atoms with Gasteiger partial charge in [-0.3, -0.25) is 0 Å². The van der Waals surface area contributed by atoms with Gasteiger partial charge in [-0.1, -0.05) is 12.7 Å². The average Bonchev–Trinajstić information content (AvgIpc) is 2.17. The van der Waals surface area contributed by atoms with Gasteiger partial charge in [-0.2, -0.15) is 0 Å². The zero-order valence-electron chi connectivity index (χ0n) is 7.62. The van der Waals surface area contributed by atoms with Gasteiger partial charge in [-0.15, -0.1) is 0 Å². The summed E-state index contributed by atoms with van der Waals surface area (Å²) in [5.74, 6) is 1.35. The summed E-state index contributed by atoms with van der Waals surface area (Å²) in [4.78, 5) is 0. The lowest BCUT2D eigenvalue weighted by atomic mass is 10.3. The molecular formula is C10H13NO2. The first-order valence-corrected chi connectivity index (χ1v) is 3.95. The molecule has 3 nitrogen and oxygen atoms in total. The minimum Gasteiger partial charge on any atom is -0.497 e. The van der Waals surface area contributed by atoms with Crippen molar-refractivity contribution in [2.75, 3.05) is 19.5 Å². The third kappa shape index (κ3) is 2.40. The summed E-state index contributed by atoms with van der Waals surface area (Å²) in [6.07, 6.45) is 1.67. The topological polar surface area (TPSA) is 44.5 Å². The van der Waals surface area contributed by atoms with Crippen molar-refractivity contribution in [3.05, 3.63) is 30.9 Å². The fraction of sp³-hybridized carbons (Fsp3) is 0.200. The second-order valence-corrected chi connectivity index (χ2v) is 2.50. The Kier molecular flexibility index (Phi) is 3.20. The van der Waals surface area contributed by atoms with Crippen LogP contribution >= 0.6 is 0 Å². The highest BCUT2D eigenvalue weighted by molar-refractivity contribution is 5.55. The predicted molar refractivity (Wildman–Crippen MR) is 53.1 cm³/mol. The van der Waals surface area contributed by atoms with Gasteiger partial charge in [0.05, 0.1) is 12.8 Å². The monoisotopic (exact) mass is 179 g/mol. The molecule has 0 bridgehead atoms. The Morgan fingerprint density at radius 3 is 2.92 bits per heavy atom. The molecule has 0 spiro atoms. The third-order valence-corrected chi connectivity index (χ3v) is 1.58. The summed E-state index contributed by atoms with van der Waals surface area (Å²) in [6, 6.07) is 5.28. The maximum atomic E-state index is 5.67. The molecule has 0 unspecified atom stereocenters. The molecule has 1 rings (SSSR count). The van der Waals surface area contributed by atoms with Crippen LogP contribution in [0.2, 0.25) is 0 Å². The Labute approximate surface area is 77.8 Å². The summed E-state index contributed by atoms with van der Waals surface area (Å²) < 4.78 is 10.3. The van der Waals surface area contributed by atoms with Crippen LogP contribution < -0.4 is 15.2 Å². The molecule has 0 amide bonds. The number of nitrogens with two attached hydrogens (primary N) is 1. The number of rotatable bonds is 4. The second-order valence-electron chi connectivity index (χ2n) is 2.50. The summed E-state index contributed by atoms with van der Waals surface area (Å²) in [6.45, 7) is 3.99. The van der Waals surface area contributed by atoms with E-state index in [9.17, 15) is 0 Å². The van der Waals surface area contributed by atoms with E-state index in [2.05, 4.69) is 6.58 Å². The third-order valence-electron chi connectivity index (χ3n) is 1.58. The van der Waals surface area contributed by atoms with Crippen molar-refractivity contribution in [3.8, 4) is 11.5 Å². The first-order valence-electron chi connectivity index (χ1n) is 3.95. The molecule has 13 heavy (non-hydrogen) atoms. The molecule has 0 aliphatic heterocycles. The van der Waals surface area contributed by atoms with Crippen molar-refractivity contribution in [2.24, 2.45) is 0 Å². The SMILES string of the molecule is C=CCOc1cc(OC)ccc1N. The zero-order valence-corrected chi connectivity index (χ0v) is 7.62. The van der Waals surface area contributed by atoms with Gasteiger partial charge in [0.2, 0.25) is 0 Å². The Hall–Kier alpha value is -1.64. The molecule has 1 aromatic carbocycles. The molecule has 0 aliphatic rings. The summed E-state index contributed by atoms with van der Waals surface area (Å²) in [5.41, 5.74) is 6.27. The summed E-state index contributed by atoms with van der Waals surface area (Å²) in [7, 11) is 1.60. The van der Waals surface area contributed by atoms with Gasteiger partial charge < -0.3 is 15.2 Å².